The van der Waals surface area contributed by atoms with E-state index in [1.807, 2.05) is 13.8 Å². The number of nitrogens with zero attached hydrogens (tertiary/aromatic N) is 2. The lowest BCUT2D eigenvalue weighted by molar-refractivity contribution is 0.0696. The molecule has 0 radical (unpaired) electrons. The van der Waals surface area contributed by atoms with Gasteiger partial charge in [0.25, 0.3) is 0 Å². The topological polar surface area (TPSA) is 63.1 Å². The van der Waals surface area contributed by atoms with Crippen LogP contribution in [0.3, 0.4) is 0 Å². The lowest BCUT2D eigenvalue weighted by Crippen LogP contribution is -2.02. The molecule has 64 valence electrons. The van der Waals surface area contributed by atoms with E-state index >= 15 is 0 Å². The predicted octanol–water partition coefficient (Wildman–Crippen LogP) is 1.30. The first kappa shape index (κ1) is 8.64. The van der Waals surface area contributed by atoms with Gasteiger partial charge in [-0.3, -0.25) is 0 Å². The second kappa shape index (κ2) is 3.30. The fourth-order valence-electron chi connectivity index (χ4n) is 0.747. The van der Waals surface area contributed by atoms with Crippen molar-refractivity contribution < 1.29 is 9.90 Å². The van der Waals surface area contributed by atoms with E-state index in [4.69, 9.17) is 5.11 Å². The summed E-state index contributed by atoms with van der Waals surface area (Å²) in [5, 5.41) is 8.53. The van der Waals surface area contributed by atoms with E-state index in [2.05, 4.69) is 9.97 Å². The molecule has 0 fully saturated rings. The Balaban J connectivity index is 2.93. The normalized spacial score (nSPS) is 10.2. The number of carboxylic acids is 1. The quantitative estimate of drug-likeness (QED) is 0.719. The Morgan fingerprint density at radius 3 is 2.25 bits per heavy atom. The third-order valence-electron chi connectivity index (χ3n) is 1.44. The van der Waals surface area contributed by atoms with Gasteiger partial charge in [-0.1, -0.05) is 13.8 Å². The minimum Gasteiger partial charge on any atom is -0.478 e. The van der Waals surface area contributed by atoms with Crippen molar-refractivity contribution in [2.45, 2.75) is 19.8 Å². The van der Waals surface area contributed by atoms with E-state index in [-0.39, 0.29) is 11.5 Å². The van der Waals surface area contributed by atoms with Crippen LogP contribution in [0.2, 0.25) is 0 Å². The van der Waals surface area contributed by atoms with E-state index in [0.717, 1.165) is 0 Å². The van der Waals surface area contributed by atoms with Gasteiger partial charge in [0.05, 0.1) is 5.56 Å². The Kier molecular flexibility index (Phi) is 2.38. The van der Waals surface area contributed by atoms with Gasteiger partial charge in [0.15, 0.2) is 0 Å². The van der Waals surface area contributed by atoms with Crippen LogP contribution in [0, 0.1) is 0 Å². The minimum absolute atomic E-state index is 0.124. The zero-order valence-electron chi connectivity index (χ0n) is 6.98. The lowest BCUT2D eigenvalue weighted by atomic mass is 10.2. The van der Waals surface area contributed by atoms with E-state index in [0.29, 0.717) is 5.82 Å². The smallest absolute Gasteiger partial charge is 0.338 e. The summed E-state index contributed by atoms with van der Waals surface area (Å²) in [6.45, 7) is 3.91. The average molecular weight is 166 g/mol. The zero-order chi connectivity index (χ0) is 9.14. The van der Waals surface area contributed by atoms with Gasteiger partial charge in [-0.15, -0.1) is 0 Å². The molecule has 0 bridgehead atoms. The third-order valence-corrected chi connectivity index (χ3v) is 1.44. The predicted molar refractivity (Wildman–Crippen MR) is 43.1 cm³/mol. The monoisotopic (exact) mass is 166 g/mol. The van der Waals surface area contributed by atoms with Gasteiger partial charge in [-0.2, -0.15) is 0 Å². The first-order chi connectivity index (χ1) is 5.61. The van der Waals surface area contributed by atoms with Crippen LogP contribution in [0.15, 0.2) is 12.4 Å². The largest absolute Gasteiger partial charge is 0.478 e. The van der Waals surface area contributed by atoms with Crippen LogP contribution in [0.5, 0.6) is 0 Å². The maximum absolute atomic E-state index is 10.4. The number of hydrogen-bond donors (Lipinski definition) is 1. The number of aromatic nitrogens is 2. The molecule has 0 atom stereocenters. The number of rotatable bonds is 2. The Bertz CT molecular complexity index is 280. The Morgan fingerprint density at radius 2 is 1.92 bits per heavy atom. The molecule has 0 unspecified atom stereocenters. The summed E-state index contributed by atoms with van der Waals surface area (Å²) in [5.74, 6) is -0.0989. The molecule has 0 aromatic carbocycles. The highest BCUT2D eigenvalue weighted by Gasteiger charge is 2.05. The Hall–Kier alpha value is -1.45. The van der Waals surface area contributed by atoms with Crippen LogP contribution >= 0.6 is 0 Å². The second-order valence-corrected chi connectivity index (χ2v) is 2.79. The molecule has 1 aromatic heterocycles. The van der Waals surface area contributed by atoms with Crippen LogP contribution in [0.4, 0.5) is 0 Å². The third kappa shape index (κ3) is 1.78. The lowest BCUT2D eigenvalue weighted by Gasteiger charge is -2.01. The maximum atomic E-state index is 10.4. The molecule has 0 amide bonds. The molecule has 0 aliphatic carbocycles. The fourth-order valence-corrected chi connectivity index (χ4v) is 0.747. The minimum atomic E-state index is -0.995. The molecule has 0 spiro atoms. The van der Waals surface area contributed by atoms with Gasteiger partial charge >= 0.3 is 5.97 Å². The second-order valence-electron chi connectivity index (χ2n) is 2.79. The Morgan fingerprint density at radius 1 is 1.42 bits per heavy atom. The molecule has 1 aromatic rings. The summed E-state index contributed by atoms with van der Waals surface area (Å²) in [6, 6.07) is 0. The van der Waals surface area contributed by atoms with E-state index in [1.54, 1.807) is 0 Å². The van der Waals surface area contributed by atoms with Crippen LogP contribution < -0.4 is 0 Å². The zero-order valence-corrected chi connectivity index (χ0v) is 6.98. The molecule has 1 N–H and O–H groups in total. The number of carboxylic acid groups (broad SMARTS) is 1. The highest BCUT2D eigenvalue weighted by atomic mass is 16.4. The first-order valence-electron chi connectivity index (χ1n) is 3.66. The molecule has 0 saturated heterocycles. The standard InChI is InChI=1S/C8H10N2O2/c1-5(2)7-9-3-6(4-10-7)8(11)12/h3-5H,1-2H3,(H,11,12). The average Bonchev–Trinajstić information content (AvgIpc) is 2.04. The maximum Gasteiger partial charge on any atom is 0.338 e. The molecule has 1 rings (SSSR count). The summed E-state index contributed by atoms with van der Waals surface area (Å²) in [7, 11) is 0. The van der Waals surface area contributed by atoms with Gasteiger partial charge in [-0.25, -0.2) is 14.8 Å². The highest BCUT2D eigenvalue weighted by Crippen LogP contribution is 2.07. The van der Waals surface area contributed by atoms with E-state index in [9.17, 15) is 4.79 Å². The summed E-state index contributed by atoms with van der Waals surface area (Å²) < 4.78 is 0. The van der Waals surface area contributed by atoms with Crippen molar-refractivity contribution in [2.75, 3.05) is 0 Å². The summed E-state index contributed by atoms with van der Waals surface area (Å²) in [4.78, 5) is 18.2. The molecule has 1 heterocycles. The van der Waals surface area contributed by atoms with E-state index in [1.165, 1.54) is 12.4 Å². The summed E-state index contributed by atoms with van der Waals surface area (Å²) in [6.07, 6.45) is 2.65. The molecule has 0 saturated carbocycles. The number of carbonyl (C=O) groups is 1. The Labute approximate surface area is 70.3 Å². The molecule has 4 heteroatoms. The molecule has 0 aliphatic heterocycles. The summed E-state index contributed by atoms with van der Waals surface area (Å²) >= 11 is 0. The van der Waals surface area contributed by atoms with Crippen molar-refractivity contribution in [3.8, 4) is 0 Å². The molecular weight excluding hydrogens is 156 g/mol. The number of aromatic carboxylic acids is 1. The van der Waals surface area contributed by atoms with Crippen molar-refractivity contribution in [1.29, 1.82) is 0 Å². The van der Waals surface area contributed by atoms with Crippen LogP contribution in [0.25, 0.3) is 0 Å². The molecule has 4 nitrogen and oxygen atoms in total. The van der Waals surface area contributed by atoms with Crippen LogP contribution in [-0.2, 0) is 0 Å². The van der Waals surface area contributed by atoms with Gasteiger partial charge in [0, 0.05) is 18.3 Å². The van der Waals surface area contributed by atoms with E-state index < -0.39 is 5.97 Å². The van der Waals surface area contributed by atoms with Crippen molar-refractivity contribution in [2.24, 2.45) is 0 Å². The van der Waals surface area contributed by atoms with Gasteiger partial charge < -0.3 is 5.11 Å². The van der Waals surface area contributed by atoms with Crippen molar-refractivity contribution in [1.82, 2.24) is 9.97 Å². The van der Waals surface area contributed by atoms with Gasteiger partial charge in [-0.05, 0) is 0 Å². The van der Waals surface area contributed by atoms with Crippen molar-refractivity contribution in [3.63, 3.8) is 0 Å². The molecule has 12 heavy (non-hydrogen) atoms. The van der Waals surface area contributed by atoms with Crippen LogP contribution in [0.1, 0.15) is 35.9 Å². The molecule has 0 aliphatic rings. The summed E-state index contributed by atoms with van der Waals surface area (Å²) in [5.41, 5.74) is 0.124. The molecular formula is C8H10N2O2. The fraction of sp³-hybridized carbons (Fsp3) is 0.375. The van der Waals surface area contributed by atoms with Crippen molar-refractivity contribution in [3.05, 3.63) is 23.8 Å². The van der Waals surface area contributed by atoms with Gasteiger partial charge in [0.1, 0.15) is 5.82 Å². The SMILES string of the molecule is CC(C)c1ncc(C(=O)O)cn1. The van der Waals surface area contributed by atoms with Gasteiger partial charge in [0.2, 0.25) is 0 Å². The van der Waals surface area contributed by atoms with Crippen LogP contribution in [-0.4, -0.2) is 21.0 Å². The number of hydrogen-bond acceptors (Lipinski definition) is 3. The van der Waals surface area contributed by atoms with Crippen molar-refractivity contribution >= 4 is 5.97 Å². The first-order valence-corrected chi connectivity index (χ1v) is 3.66. The highest BCUT2D eigenvalue weighted by molar-refractivity contribution is 5.86.